The summed E-state index contributed by atoms with van der Waals surface area (Å²) in [4.78, 5) is 0. The average molecular weight is 310 g/mol. The maximum absolute atomic E-state index is 13.9. The molecule has 1 heterocycles. The van der Waals surface area contributed by atoms with Crippen LogP contribution in [0.5, 0.6) is 5.75 Å². The topological polar surface area (TPSA) is 50.8 Å². The summed E-state index contributed by atoms with van der Waals surface area (Å²) < 4.78 is 20.7. The van der Waals surface area contributed by atoms with Gasteiger partial charge in [-0.2, -0.15) is 10.4 Å². The molecule has 0 aliphatic carbocycles. The molecule has 0 N–H and O–H groups in total. The molecule has 1 aromatic heterocycles. The quantitative estimate of drug-likeness (QED) is 0.857. The summed E-state index contributed by atoms with van der Waals surface area (Å²) in [5.74, 6) is -0.0125. The molecule has 2 aromatic rings. The van der Waals surface area contributed by atoms with Crippen LogP contribution in [0, 0.1) is 17.1 Å². The van der Waals surface area contributed by atoms with Crippen LogP contribution in [-0.4, -0.2) is 16.9 Å². The van der Waals surface area contributed by atoms with Crippen molar-refractivity contribution in [3.63, 3.8) is 0 Å². The van der Waals surface area contributed by atoms with E-state index in [9.17, 15) is 4.39 Å². The second kappa shape index (κ2) is 4.78. The molecule has 0 fully saturated rings. The Morgan fingerprint density at radius 3 is 2.72 bits per heavy atom. The van der Waals surface area contributed by atoms with Crippen LogP contribution in [0.25, 0.3) is 11.3 Å². The van der Waals surface area contributed by atoms with Crippen LogP contribution in [0.3, 0.4) is 0 Å². The zero-order valence-corrected chi connectivity index (χ0v) is 11.3. The van der Waals surface area contributed by atoms with Crippen molar-refractivity contribution in [3.05, 3.63) is 34.2 Å². The Balaban J connectivity index is 2.60. The molecule has 6 heteroatoms. The van der Waals surface area contributed by atoms with E-state index in [4.69, 9.17) is 10.00 Å². The fraction of sp³-hybridized carbons (Fsp3) is 0.167. The van der Waals surface area contributed by atoms with Crippen molar-refractivity contribution in [2.24, 2.45) is 7.05 Å². The van der Waals surface area contributed by atoms with Gasteiger partial charge in [0.2, 0.25) is 0 Å². The smallest absolute Gasteiger partial charge is 0.153 e. The minimum atomic E-state index is -0.447. The lowest BCUT2D eigenvalue weighted by atomic mass is 10.1. The van der Waals surface area contributed by atoms with Crippen molar-refractivity contribution < 1.29 is 9.13 Å². The Hall–Kier alpha value is -1.87. The van der Waals surface area contributed by atoms with E-state index >= 15 is 0 Å². The van der Waals surface area contributed by atoms with Gasteiger partial charge in [-0.3, -0.25) is 4.68 Å². The summed E-state index contributed by atoms with van der Waals surface area (Å²) in [5, 5.41) is 13.1. The van der Waals surface area contributed by atoms with Crippen LogP contribution in [0.1, 0.15) is 5.69 Å². The van der Waals surface area contributed by atoms with Crippen LogP contribution >= 0.6 is 15.9 Å². The number of ether oxygens (including phenoxy) is 1. The zero-order chi connectivity index (χ0) is 13.3. The molecule has 0 radical (unpaired) electrons. The third kappa shape index (κ3) is 1.97. The van der Waals surface area contributed by atoms with Gasteiger partial charge < -0.3 is 4.74 Å². The van der Waals surface area contributed by atoms with Crippen LogP contribution in [0.4, 0.5) is 4.39 Å². The highest BCUT2D eigenvalue weighted by Crippen LogP contribution is 2.32. The van der Waals surface area contributed by atoms with Crippen molar-refractivity contribution in [3.8, 4) is 23.1 Å². The van der Waals surface area contributed by atoms with Gasteiger partial charge in [-0.1, -0.05) is 0 Å². The fourth-order valence-electron chi connectivity index (χ4n) is 1.61. The Morgan fingerprint density at radius 1 is 1.50 bits per heavy atom. The van der Waals surface area contributed by atoms with E-state index in [1.807, 2.05) is 6.07 Å². The number of methoxy groups -OCH3 is 1. The third-order valence-corrected chi connectivity index (χ3v) is 3.28. The van der Waals surface area contributed by atoms with Crippen molar-refractivity contribution in [1.29, 1.82) is 5.26 Å². The number of benzene rings is 1. The predicted octanol–water partition coefficient (Wildman–Crippen LogP) is 2.87. The van der Waals surface area contributed by atoms with Crippen LogP contribution in [-0.2, 0) is 7.05 Å². The van der Waals surface area contributed by atoms with Crippen molar-refractivity contribution in [2.75, 3.05) is 7.11 Å². The van der Waals surface area contributed by atoms with Gasteiger partial charge in [0, 0.05) is 18.7 Å². The maximum atomic E-state index is 13.9. The molecular formula is C12H9BrFN3O. The second-order valence-electron chi connectivity index (χ2n) is 3.59. The van der Waals surface area contributed by atoms with E-state index in [-0.39, 0.29) is 0 Å². The lowest BCUT2D eigenvalue weighted by molar-refractivity contribution is 0.411. The highest BCUT2D eigenvalue weighted by molar-refractivity contribution is 9.10. The third-order valence-electron chi connectivity index (χ3n) is 2.53. The van der Waals surface area contributed by atoms with Crippen LogP contribution in [0.15, 0.2) is 22.7 Å². The van der Waals surface area contributed by atoms with Gasteiger partial charge in [0.15, 0.2) is 5.69 Å². The van der Waals surface area contributed by atoms with E-state index in [0.29, 0.717) is 27.2 Å². The number of hydrogen-bond donors (Lipinski definition) is 0. The molecule has 0 aliphatic heterocycles. The van der Waals surface area contributed by atoms with Gasteiger partial charge in [0.1, 0.15) is 23.3 Å². The van der Waals surface area contributed by atoms with E-state index in [0.717, 1.165) is 0 Å². The normalized spacial score (nSPS) is 10.2. The van der Waals surface area contributed by atoms with E-state index in [2.05, 4.69) is 21.0 Å². The van der Waals surface area contributed by atoms with E-state index < -0.39 is 5.82 Å². The molecule has 0 bridgehead atoms. The fourth-order valence-corrected chi connectivity index (χ4v) is 2.24. The number of nitrogens with zero attached hydrogens (tertiary/aromatic N) is 3. The van der Waals surface area contributed by atoms with Gasteiger partial charge in [0.05, 0.1) is 11.6 Å². The summed E-state index contributed by atoms with van der Waals surface area (Å²) in [6, 6.07) is 6.50. The first-order valence-electron chi connectivity index (χ1n) is 5.05. The first-order chi connectivity index (χ1) is 8.58. The second-order valence-corrected chi connectivity index (χ2v) is 4.39. The first kappa shape index (κ1) is 12.6. The van der Waals surface area contributed by atoms with Gasteiger partial charge in [-0.25, -0.2) is 4.39 Å². The van der Waals surface area contributed by atoms with Gasteiger partial charge in [-0.15, -0.1) is 0 Å². The molecule has 0 spiro atoms. The molecule has 0 amide bonds. The monoisotopic (exact) mass is 309 g/mol. The summed E-state index contributed by atoms with van der Waals surface area (Å²) in [5.41, 5.74) is 1.06. The van der Waals surface area contributed by atoms with Crippen molar-refractivity contribution in [1.82, 2.24) is 9.78 Å². The van der Waals surface area contributed by atoms with E-state index in [1.165, 1.54) is 17.9 Å². The summed E-state index contributed by atoms with van der Waals surface area (Å²) >= 11 is 3.26. The lowest BCUT2D eigenvalue weighted by Crippen LogP contribution is -1.94. The lowest BCUT2D eigenvalue weighted by Gasteiger charge is -2.03. The van der Waals surface area contributed by atoms with Crippen LogP contribution < -0.4 is 4.74 Å². The molecule has 0 atom stereocenters. The molecule has 1 aromatic carbocycles. The predicted molar refractivity (Wildman–Crippen MR) is 67.6 cm³/mol. The molecular weight excluding hydrogens is 301 g/mol. The van der Waals surface area contributed by atoms with Crippen LogP contribution in [0.2, 0.25) is 0 Å². The Bertz CT molecular complexity index is 646. The molecule has 0 unspecified atom stereocenters. The molecule has 0 saturated heterocycles. The van der Waals surface area contributed by atoms with E-state index in [1.54, 1.807) is 19.2 Å². The minimum Gasteiger partial charge on any atom is -0.497 e. The molecule has 92 valence electrons. The van der Waals surface area contributed by atoms with Crippen molar-refractivity contribution >= 4 is 15.9 Å². The summed E-state index contributed by atoms with van der Waals surface area (Å²) in [6.45, 7) is 0. The number of nitriles is 1. The summed E-state index contributed by atoms with van der Waals surface area (Å²) in [6.07, 6.45) is 0. The number of rotatable bonds is 2. The molecule has 18 heavy (non-hydrogen) atoms. The standard InChI is InChI=1S/C12H9BrFN3O/c1-17-10(6-15)11(13)12(16-17)8-4-3-7(18-2)5-9(8)14/h3-5H,1-2H3. The molecule has 0 aliphatic rings. The first-order valence-corrected chi connectivity index (χ1v) is 5.84. The number of aromatic nitrogens is 2. The largest absolute Gasteiger partial charge is 0.497 e. The SMILES string of the molecule is COc1ccc(-c2nn(C)c(C#N)c2Br)c(F)c1. The minimum absolute atomic E-state index is 0.319. The van der Waals surface area contributed by atoms with Gasteiger partial charge >= 0.3 is 0 Å². The van der Waals surface area contributed by atoms with Crippen molar-refractivity contribution in [2.45, 2.75) is 0 Å². The average Bonchev–Trinajstić information content (AvgIpc) is 2.64. The Labute approximate surface area is 112 Å². The molecule has 0 saturated carbocycles. The summed E-state index contributed by atoms with van der Waals surface area (Å²) in [7, 11) is 3.10. The number of hydrogen-bond acceptors (Lipinski definition) is 3. The highest BCUT2D eigenvalue weighted by atomic mass is 79.9. The Kier molecular flexibility index (Phi) is 3.34. The zero-order valence-electron chi connectivity index (χ0n) is 9.74. The van der Waals surface area contributed by atoms with Gasteiger partial charge in [0.25, 0.3) is 0 Å². The highest BCUT2D eigenvalue weighted by Gasteiger charge is 2.18. The Morgan fingerprint density at radius 2 is 2.22 bits per heavy atom. The maximum Gasteiger partial charge on any atom is 0.153 e. The number of halogens is 2. The van der Waals surface area contributed by atoms with Gasteiger partial charge in [-0.05, 0) is 28.1 Å². The molecule has 2 rings (SSSR count). The molecule has 4 nitrogen and oxygen atoms in total. The number of aryl methyl sites for hydroxylation is 1.